The van der Waals surface area contributed by atoms with E-state index in [1.807, 2.05) is 24.3 Å². The first kappa shape index (κ1) is 25.2. The van der Waals surface area contributed by atoms with Crippen molar-refractivity contribution in [3.8, 4) is 5.75 Å². The zero-order valence-corrected chi connectivity index (χ0v) is 20.7. The minimum atomic E-state index is -0.659. The third-order valence-corrected chi connectivity index (χ3v) is 7.68. The van der Waals surface area contributed by atoms with E-state index in [0.29, 0.717) is 12.6 Å². The van der Waals surface area contributed by atoms with Gasteiger partial charge in [-0.25, -0.2) is 0 Å². The number of non-ortho nitro benzene ring substituents is 1. The molecule has 1 saturated carbocycles. The summed E-state index contributed by atoms with van der Waals surface area (Å²) in [5.41, 5.74) is 0.967. The summed E-state index contributed by atoms with van der Waals surface area (Å²) in [6.45, 7) is 5.25. The molecule has 1 heterocycles. The summed E-state index contributed by atoms with van der Waals surface area (Å²) in [5.74, 6) is 0.757. The smallest absolute Gasteiger partial charge is 0.269 e. The normalized spacial score (nSPS) is 20.2. The van der Waals surface area contributed by atoms with Crippen LogP contribution in [0.15, 0.2) is 48.5 Å². The van der Waals surface area contributed by atoms with Crippen LogP contribution >= 0.6 is 0 Å². The molecule has 188 valence electrons. The number of carbonyl (C=O) groups is 1. The number of piperidine rings is 1. The van der Waals surface area contributed by atoms with Crippen LogP contribution < -0.4 is 10.1 Å². The molecular formula is C28H37N3O4. The number of hydrogen-bond acceptors (Lipinski definition) is 5. The Labute approximate surface area is 208 Å². The molecule has 7 heteroatoms. The maximum atomic E-state index is 13.5. The van der Waals surface area contributed by atoms with Gasteiger partial charge in [-0.1, -0.05) is 37.8 Å². The van der Waals surface area contributed by atoms with Crippen molar-refractivity contribution in [2.45, 2.75) is 76.2 Å². The Morgan fingerprint density at radius 1 is 1.06 bits per heavy atom. The van der Waals surface area contributed by atoms with Crippen LogP contribution in [0, 0.1) is 10.1 Å². The molecule has 2 aromatic carbocycles. The molecule has 2 aromatic rings. The first-order valence-corrected chi connectivity index (χ1v) is 13.0. The largest absolute Gasteiger partial charge is 0.494 e. The van der Waals surface area contributed by atoms with Crippen LogP contribution in [0.2, 0.25) is 0 Å². The average Bonchev–Trinajstić information content (AvgIpc) is 2.89. The van der Waals surface area contributed by atoms with E-state index < -0.39 is 10.3 Å². The molecule has 1 saturated heterocycles. The van der Waals surface area contributed by atoms with Crippen molar-refractivity contribution in [1.82, 2.24) is 4.90 Å². The highest BCUT2D eigenvalue weighted by atomic mass is 16.6. The molecule has 7 nitrogen and oxygen atoms in total. The van der Waals surface area contributed by atoms with Gasteiger partial charge in [0.1, 0.15) is 5.75 Å². The lowest BCUT2D eigenvalue weighted by Crippen LogP contribution is -2.42. The summed E-state index contributed by atoms with van der Waals surface area (Å²) < 4.78 is 5.93. The van der Waals surface area contributed by atoms with Crippen LogP contribution in [0.3, 0.4) is 0 Å². The van der Waals surface area contributed by atoms with Crippen LogP contribution in [0.4, 0.5) is 11.4 Å². The fraction of sp³-hybridized carbons (Fsp3) is 0.536. The molecular weight excluding hydrogens is 442 g/mol. The van der Waals surface area contributed by atoms with Gasteiger partial charge in [-0.2, -0.15) is 0 Å². The van der Waals surface area contributed by atoms with Gasteiger partial charge in [-0.05, 0) is 75.4 Å². The molecule has 4 rings (SSSR count). The number of nitro benzene ring substituents is 1. The molecule has 0 aromatic heterocycles. The number of anilines is 1. The number of hydrogen-bond donors (Lipinski definition) is 1. The van der Waals surface area contributed by atoms with Gasteiger partial charge in [0, 0.05) is 30.4 Å². The fourth-order valence-corrected chi connectivity index (χ4v) is 5.54. The predicted octanol–water partition coefficient (Wildman–Crippen LogP) is 6.08. The van der Waals surface area contributed by atoms with Crippen molar-refractivity contribution in [1.29, 1.82) is 0 Å². The number of carbonyl (C=O) groups excluding carboxylic acids is 1. The van der Waals surface area contributed by atoms with Crippen LogP contribution in [0.1, 0.15) is 70.3 Å². The van der Waals surface area contributed by atoms with Crippen LogP contribution in [-0.4, -0.2) is 41.5 Å². The molecule has 1 aliphatic heterocycles. The summed E-state index contributed by atoms with van der Waals surface area (Å²) >= 11 is 0. The Kier molecular flexibility index (Phi) is 8.39. The molecule has 1 N–H and O–H groups in total. The summed E-state index contributed by atoms with van der Waals surface area (Å²) in [5, 5.41) is 14.1. The number of likely N-dealkylation sites (tertiary alicyclic amines) is 1. The maximum absolute atomic E-state index is 13.5. The lowest BCUT2D eigenvalue weighted by atomic mass is 9.68. The highest BCUT2D eigenvalue weighted by Crippen LogP contribution is 2.41. The van der Waals surface area contributed by atoms with Crippen molar-refractivity contribution in [2.75, 3.05) is 25.0 Å². The van der Waals surface area contributed by atoms with E-state index in [2.05, 4.69) is 17.1 Å². The summed E-state index contributed by atoms with van der Waals surface area (Å²) in [6.07, 6.45) is 9.45. The number of rotatable bonds is 9. The van der Waals surface area contributed by atoms with Gasteiger partial charge in [-0.3, -0.25) is 14.9 Å². The molecule has 1 amide bonds. The minimum Gasteiger partial charge on any atom is -0.494 e. The van der Waals surface area contributed by atoms with Crippen LogP contribution in [0.25, 0.3) is 0 Å². The van der Waals surface area contributed by atoms with Crippen LogP contribution in [-0.2, 0) is 10.2 Å². The summed E-state index contributed by atoms with van der Waals surface area (Å²) in [6, 6.07) is 14.7. The summed E-state index contributed by atoms with van der Waals surface area (Å²) in [7, 11) is 0. The fourth-order valence-electron chi connectivity index (χ4n) is 5.54. The zero-order valence-electron chi connectivity index (χ0n) is 20.7. The van der Waals surface area contributed by atoms with E-state index in [1.54, 1.807) is 12.1 Å². The Morgan fingerprint density at radius 2 is 1.77 bits per heavy atom. The van der Waals surface area contributed by atoms with E-state index in [-0.39, 0.29) is 11.6 Å². The van der Waals surface area contributed by atoms with Crippen LogP contribution in [0.5, 0.6) is 5.75 Å². The molecule has 1 aliphatic carbocycles. The molecule has 35 heavy (non-hydrogen) atoms. The quantitative estimate of drug-likeness (QED) is 0.268. The Hall–Kier alpha value is -2.93. The van der Waals surface area contributed by atoms with Gasteiger partial charge in [0.05, 0.1) is 16.9 Å². The van der Waals surface area contributed by atoms with Gasteiger partial charge in [0.15, 0.2) is 0 Å². The molecule has 0 radical (unpaired) electrons. The third-order valence-electron chi connectivity index (χ3n) is 7.68. The molecule has 0 spiro atoms. The number of nitrogens with one attached hydrogen (secondary N) is 1. The molecule has 2 fully saturated rings. The molecule has 0 bridgehead atoms. The highest BCUT2D eigenvalue weighted by Gasteiger charge is 2.41. The molecule has 1 atom stereocenters. The third kappa shape index (κ3) is 6.20. The molecule has 0 unspecified atom stereocenters. The van der Waals surface area contributed by atoms with E-state index in [1.165, 1.54) is 37.9 Å². The second-order valence-corrected chi connectivity index (χ2v) is 10.0. The lowest BCUT2D eigenvalue weighted by Gasteiger charge is -2.36. The predicted molar refractivity (Wildman–Crippen MR) is 138 cm³/mol. The SMILES string of the molecule is C[C@H]1CCCCN1CCCOc1ccc(NC(=O)C2(c3ccc([N+](=O)[O-])cc3)CCCCC2)cc1. The summed E-state index contributed by atoms with van der Waals surface area (Å²) in [4.78, 5) is 26.7. The molecule has 2 aliphatic rings. The van der Waals surface area contributed by atoms with Gasteiger partial charge in [0.2, 0.25) is 5.91 Å². The van der Waals surface area contributed by atoms with E-state index in [9.17, 15) is 14.9 Å². The van der Waals surface area contributed by atoms with Gasteiger partial charge >= 0.3 is 0 Å². The van der Waals surface area contributed by atoms with Crippen molar-refractivity contribution >= 4 is 17.3 Å². The standard InChI is InChI=1S/C28H37N3O4/c1-22-8-3-6-19-30(22)20-7-21-35-26-15-11-24(12-16-26)29-27(32)28(17-4-2-5-18-28)23-9-13-25(14-10-23)31(33)34/h9-16,22H,2-8,17-21H2,1H3,(H,29,32)/t22-/m0/s1. The number of nitro groups is 1. The van der Waals surface area contributed by atoms with Crippen molar-refractivity contribution in [2.24, 2.45) is 0 Å². The second kappa shape index (κ2) is 11.7. The number of nitrogens with zero attached hydrogens (tertiary/aromatic N) is 2. The average molecular weight is 480 g/mol. The lowest BCUT2D eigenvalue weighted by molar-refractivity contribution is -0.384. The first-order valence-electron chi connectivity index (χ1n) is 13.0. The number of amides is 1. The first-order chi connectivity index (χ1) is 17.0. The second-order valence-electron chi connectivity index (χ2n) is 10.0. The highest BCUT2D eigenvalue weighted by molar-refractivity contribution is 5.99. The van der Waals surface area contributed by atoms with E-state index in [4.69, 9.17) is 4.74 Å². The van der Waals surface area contributed by atoms with E-state index >= 15 is 0 Å². The maximum Gasteiger partial charge on any atom is 0.269 e. The van der Waals surface area contributed by atoms with Gasteiger partial charge in [-0.15, -0.1) is 0 Å². The number of ether oxygens (including phenoxy) is 1. The van der Waals surface area contributed by atoms with Crippen molar-refractivity contribution in [3.05, 3.63) is 64.2 Å². The van der Waals surface area contributed by atoms with Crippen molar-refractivity contribution < 1.29 is 14.5 Å². The Morgan fingerprint density at radius 3 is 2.43 bits per heavy atom. The van der Waals surface area contributed by atoms with E-state index in [0.717, 1.165) is 62.1 Å². The monoisotopic (exact) mass is 479 g/mol. The van der Waals surface area contributed by atoms with Gasteiger partial charge in [0.25, 0.3) is 5.69 Å². The topological polar surface area (TPSA) is 84.7 Å². The van der Waals surface area contributed by atoms with Gasteiger partial charge < -0.3 is 15.0 Å². The zero-order chi connectivity index (χ0) is 24.7. The van der Waals surface area contributed by atoms with Crippen molar-refractivity contribution in [3.63, 3.8) is 0 Å². The Balaban J connectivity index is 1.34. The number of benzene rings is 2. The Bertz CT molecular complexity index is 984. The minimum absolute atomic E-state index is 0.0427.